The number of carboxylic acid groups (broad SMARTS) is 1. The van der Waals surface area contributed by atoms with Crippen LogP contribution in [0.3, 0.4) is 0 Å². The van der Waals surface area contributed by atoms with Gasteiger partial charge in [-0.25, -0.2) is 4.79 Å². The number of nitriles is 1. The van der Waals surface area contributed by atoms with E-state index in [-0.39, 0.29) is 13.0 Å². The van der Waals surface area contributed by atoms with Crippen LogP contribution in [-0.2, 0) is 4.79 Å². The lowest BCUT2D eigenvalue weighted by molar-refractivity contribution is -0.131. The molecule has 1 saturated heterocycles. The molecule has 7 heteroatoms. The summed E-state index contributed by atoms with van der Waals surface area (Å²) in [5, 5.41) is 27.2. The van der Waals surface area contributed by atoms with E-state index in [1.165, 1.54) is 14.0 Å². The molecule has 0 aromatic carbocycles. The third-order valence-electron chi connectivity index (χ3n) is 2.53. The molecule has 0 bridgehead atoms. The average molecular weight is 227 g/mol. The number of amides is 2. The summed E-state index contributed by atoms with van der Waals surface area (Å²) in [5.41, 5.74) is -1.23. The Morgan fingerprint density at radius 1 is 1.62 bits per heavy atom. The van der Waals surface area contributed by atoms with Gasteiger partial charge in [-0.2, -0.15) is 5.26 Å². The van der Waals surface area contributed by atoms with Gasteiger partial charge < -0.3 is 10.2 Å². The Hall–Kier alpha value is -1.81. The SMILES string of the molecule is CN(C#N)C(=O)C1C[C@](C)(O)CN1C(=O)O. The summed E-state index contributed by atoms with van der Waals surface area (Å²) >= 11 is 0. The topological polar surface area (TPSA) is 105 Å². The van der Waals surface area contributed by atoms with E-state index in [1.54, 1.807) is 6.19 Å². The molecule has 88 valence electrons. The molecule has 0 spiro atoms. The third kappa shape index (κ3) is 2.23. The van der Waals surface area contributed by atoms with E-state index in [0.717, 1.165) is 9.80 Å². The Morgan fingerprint density at radius 3 is 2.62 bits per heavy atom. The molecule has 1 heterocycles. The highest BCUT2D eigenvalue weighted by molar-refractivity contribution is 5.87. The Morgan fingerprint density at radius 2 is 2.19 bits per heavy atom. The van der Waals surface area contributed by atoms with Gasteiger partial charge in [-0.15, -0.1) is 0 Å². The van der Waals surface area contributed by atoms with Gasteiger partial charge in [-0.1, -0.05) is 0 Å². The van der Waals surface area contributed by atoms with Crippen LogP contribution in [0.25, 0.3) is 0 Å². The van der Waals surface area contributed by atoms with E-state index in [9.17, 15) is 14.7 Å². The van der Waals surface area contributed by atoms with E-state index < -0.39 is 23.6 Å². The van der Waals surface area contributed by atoms with Crippen LogP contribution in [-0.4, -0.2) is 57.2 Å². The summed E-state index contributed by atoms with van der Waals surface area (Å²) in [4.78, 5) is 24.2. The Balaban J connectivity index is 2.91. The monoisotopic (exact) mass is 227 g/mol. The van der Waals surface area contributed by atoms with Crippen molar-refractivity contribution in [3.05, 3.63) is 0 Å². The minimum Gasteiger partial charge on any atom is -0.465 e. The number of carbonyl (C=O) groups is 2. The number of likely N-dealkylation sites (N-methyl/N-ethyl adjacent to an activating group) is 1. The van der Waals surface area contributed by atoms with Gasteiger partial charge in [0, 0.05) is 13.5 Å². The number of β-amino-alcohol motifs (C(OH)–C–C–N with tert-alkyl or cyclic N) is 1. The fraction of sp³-hybridized carbons (Fsp3) is 0.667. The van der Waals surface area contributed by atoms with Gasteiger partial charge >= 0.3 is 6.09 Å². The van der Waals surface area contributed by atoms with Crippen LogP contribution in [0.15, 0.2) is 0 Å². The zero-order valence-electron chi connectivity index (χ0n) is 9.04. The van der Waals surface area contributed by atoms with E-state index in [0.29, 0.717) is 0 Å². The van der Waals surface area contributed by atoms with Gasteiger partial charge in [0.15, 0.2) is 6.19 Å². The molecule has 1 aliphatic rings. The highest BCUT2D eigenvalue weighted by Gasteiger charge is 2.46. The highest BCUT2D eigenvalue weighted by atomic mass is 16.4. The molecule has 0 radical (unpaired) electrons. The van der Waals surface area contributed by atoms with Crippen molar-refractivity contribution in [1.29, 1.82) is 5.26 Å². The van der Waals surface area contributed by atoms with E-state index in [4.69, 9.17) is 10.4 Å². The maximum Gasteiger partial charge on any atom is 0.408 e. The molecule has 1 rings (SSSR count). The second kappa shape index (κ2) is 3.98. The van der Waals surface area contributed by atoms with E-state index >= 15 is 0 Å². The summed E-state index contributed by atoms with van der Waals surface area (Å²) in [7, 11) is 1.26. The van der Waals surface area contributed by atoms with Crippen LogP contribution in [0.1, 0.15) is 13.3 Å². The lowest BCUT2D eigenvalue weighted by Gasteiger charge is -2.21. The van der Waals surface area contributed by atoms with Crippen molar-refractivity contribution >= 4 is 12.0 Å². The maximum atomic E-state index is 11.7. The van der Waals surface area contributed by atoms with Crippen LogP contribution in [0, 0.1) is 11.5 Å². The number of rotatable bonds is 1. The van der Waals surface area contributed by atoms with Crippen molar-refractivity contribution in [2.24, 2.45) is 0 Å². The number of nitrogens with zero attached hydrogens (tertiary/aromatic N) is 3. The maximum absolute atomic E-state index is 11.7. The summed E-state index contributed by atoms with van der Waals surface area (Å²) in [5.74, 6) is -0.623. The van der Waals surface area contributed by atoms with Gasteiger partial charge in [0.2, 0.25) is 0 Å². The molecule has 2 N–H and O–H groups in total. The van der Waals surface area contributed by atoms with Crippen LogP contribution in [0.4, 0.5) is 4.79 Å². The predicted octanol–water partition coefficient (Wildman–Crippen LogP) is -0.571. The first-order valence-corrected chi connectivity index (χ1v) is 4.68. The first-order valence-electron chi connectivity index (χ1n) is 4.68. The van der Waals surface area contributed by atoms with Gasteiger partial charge in [0.05, 0.1) is 12.1 Å². The highest BCUT2D eigenvalue weighted by Crippen LogP contribution is 2.27. The molecular formula is C9H13N3O4. The average Bonchev–Trinajstić information content (AvgIpc) is 2.52. The number of hydrogen-bond acceptors (Lipinski definition) is 4. The minimum absolute atomic E-state index is 0.00412. The van der Waals surface area contributed by atoms with E-state index in [2.05, 4.69) is 0 Å². The number of aliphatic hydroxyl groups is 1. The first-order chi connectivity index (χ1) is 7.28. The fourth-order valence-corrected chi connectivity index (χ4v) is 1.76. The van der Waals surface area contributed by atoms with Crippen molar-refractivity contribution in [1.82, 2.24) is 9.80 Å². The van der Waals surface area contributed by atoms with Gasteiger partial charge in [-0.05, 0) is 6.92 Å². The molecular weight excluding hydrogens is 214 g/mol. The first kappa shape index (κ1) is 12.3. The third-order valence-corrected chi connectivity index (χ3v) is 2.53. The second-order valence-electron chi connectivity index (χ2n) is 4.12. The molecule has 0 aliphatic carbocycles. The van der Waals surface area contributed by atoms with Crippen LogP contribution in [0.5, 0.6) is 0 Å². The Bertz CT molecular complexity index is 360. The quantitative estimate of drug-likeness (QED) is 0.461. The molecule has 1 aliphatic heterocycles. The summed E-state index contributed by atoms with van der Waals surface area (Å²) in [6.45, 7) is 1.33. The largest absolute Gasteiger partial charge is 0.465 e. The van der Waals surface area contributed by atoms with Crippen LogP contribution < -0.4 is 0 Å². The lowest BCUT2D eigenvalue weighted by atomic mass is 10.0. The molecule has 0 aromatic heterocycles. The standard InChI is InChI=1S/C9H13N3O4/c1-9(16)3-6(7(13)11(2)5-10)12(4-9)8(14)15/h6,16H,3-4H2,1-2H3,(H,14,15)/t6?,9-/m0/s1. The molecule has 1 unspecified atom stereocenters. The fourth-order valence-electron chi connectivity index (χ4n) is 1.76. The smallest absolute Gasteiger partial charge is 0.408 e. The zero-order chi connectivity index (χ0) is 12.5. The molecule has 7 nitrogen and oxygen atoms in total. The number of likely N-dealkylation sites (tertiary alicyclic amines) is 1. The molecule has 1 fully saturated rings. The summed E-state index contributed by atoms with van der Waals surface area (Å²) in [6, 6.07) is -0.989. The molecule has 2 atom stereocenters. The number of hydrogen-bond donors (Lipinski definition) is 2. The van der Waals surface area contributed by atoms with E-state index in [1.807, 2.05) is 0 Å². The van der Waals surface area contributed by atoms with Gasteiger partial charge in [0.25, 0.3) is 5.91 Å². The predicted molar refractivity (Wildman–Crippen MR) is 52.1 cm³/mol. The van der Waals surface area contributed by atoms with Crippen molar-refractivity contribution in [2.75, 3.05) is 13.6 Å². The molecule has 16 heavy (non-hydrogen) atoms. The minimum atomic E-state index is -1.28. The Kier molecular flexibility index (Phi) is 3.05. The van der Waals surface area contributed by atoms with Gasteiger partial charge in [-0.3, -0.25) is 14.6 Å². The zero-order valence-corrected chi connectivity index (χ0v) is 9.04. The summed E-state index contributed by atoms with van der Waals surface area (Å²) < 4.78 is 0. The van der Waals surface area contributed by atoms with Crippen molar-refractivity contribution in [3.63, 3.8) is 0 Å². The molecule has 2 amide bonds. The van der Waals surface area contributed by atoms with Crippen molar-refractivity contribution in [3.8, 4) is 6.19 Å². The molecule has 0 saturated carbocycles. The summed E-state index contributed by atoms with van der Waals surface area (Å²) in [6.07, 6.45) is 0.340. The van der Waals surface area contributed by atoms with Gasteiger partial charge in [0.1, 0.15) is 6.04 Å². The number of carbonyl (C=O) groups excluding carboxylic acids is 1. The normalized spacial score (nSPS) is 28.6. The van der Waals surface area contributed by atoms with Crippen molar-refractivity contribution < 1.29 is 19.8 Å². The van der Waals surface area contributed by atoms with Crippen molar-refractivity contribution in [2.45, 2.75) is 25.0 Å². The molecule has 0 aromatic rings. The van der Waals surface area contributed by atoms with Crippen LogP contribution >= 0.6 is 0 Å². The second-order valence-corrected chi connectivity index (χ2v) is 4.12. The Labute approximate surface area is 92.5 Å². The lowest BCUT2D eigenvalue weighted by Crippen LogP contribution is -2.44. The van der Waals surface area contributed by atoms with Crippen LogP contribution in [0.2, 0.25) is 0 Å².